The number of pyridine rings is 1. The molecule has 2 amide bonds. The molecule has 1 N–H and O–H groups in total. The molecule has 8 heteroatoms. The van der Waals surface area contributed by atoms with Crippen LogP contribution in [0, 0.1) is 0 Å². The Morgan fingerprint density at radius 3 is 2.50 bits per heavy atom. The minimum atomic E-state index is -0.224. The van der Waals surface area contributed by atoms with E-state index in [1.165, 1.54) is 0 Å². The van der Waals surface area contributed by atoms with E-state index in [4.69, 9.17) is 4.52 Å². The Balaban J connectivity index is 1.58. The van der Waals surface area contributed by atoms with Crippen LogP contribution in [-0.2, 0) is 6.42 Å². The maximum absolute atomic E-state index is 12.2. The van der Waals surface area contributed by atoms with Crippen molar-refractivity contribution in [3.63, 3.8) is 0 Å². The van der Waals surface area contributed by atoms with Gasteiger partial charge < -0.3 is 19.6 Å². The topological polar surface area (TPSA) is 87.4 Å². The highest BCUT2D eigenvalue weighted by atomic mass is 16.5. The predicted molar refractivity (Wildman–Crippen MR) is 99.0 cm³/mol. The highest BCUT2D eigenvalue weighted by Crippen LogP contribution is 2.19. The summed E-state index contributed by atoms with van der Waals surface area (Å²) in [6, 6.07) is 3.90. The van der Waals surface area contributed by atoms with Crippen molar-refractivity contribution < 1.29 is 9.32 Å². The molecule has 0 unspecified atom stereocenters. The minimum absolute atomic E-state index is 0.00991. The third-order valence-corrected chi connectivity index (χ3v) is 4.15. The van der Waals surface area contributed by atoms with Crippen molar-refractivity contribution >= 4 is 11.8 Å². The van der Waals surface area contributed by atoms with Gasteiger partial charge in [-0.15, -0.1) is 0 Å². The molecule has 26 heavy (non-hydrogen) atoms. The zero-order chi connectivity index (χ0) is 18.7. The van der Waals surface area contributed by atoms with Crippen LogP contribution in [0.25, 0.3) is 11.4 Å². The maximum atomic E-state index is 12.2. The molecule has 2 aromatic heterocycles. The summed E-state index contributed by atoms with van der Waals surface area (Å²) in [6.45, 7) is 10.8. The van der Waals surface area contributed by atoms with Gasteiger partial charge in [0.1, 0.15) is 5.82 Å². The van der Waals surface area contributed by atoms with Crippen LogP contribution in [0.15, 0.2) is 22.9 Å². The van der Waals surface area contributed by atoms with Crippen molar-refractivity contribution in [3.05, 3.63) is 24.2 Å². The van der Waals surface area contributed by atoms with Crippen LogP contribution in [-0.4, -0.2) is 57.8 Å². The fourth-order valence-electron chi connectivity index (χ4n) is 2.76. The lowest BCUT2D eigenvalue weighted by atomic mass is 10.1. The number of aromatic nitrogens is 3. The molecule has 0 radical (unpaired) electrons. The van der Waals surface area contributed by atoms with Crippen LogP contribution < -0.4 is 10.2 Å². The lowest BCUT2D eigenvalue weighted by Gasteiger charge is -2.36. The number of hydrogen-bond donors (Lipinski definition) is 1. The van der Waals surface area contributed by atoms with Crippen molar-refractivity contribution in [1.82, 2.24) is 25.3 Å². The summed E-state index contributed by atoms with van der Waals surface area (Å²) in [6.07, 6.45) is 2.48. The number of amides is 2. The molecule has 2 aromatic rings. The summed E-state index contributed by atoms with van der Waals surface area (Å²) < 4.78 is 5.14. The first-order valence-electron chi connectivity index (χ1n) is 8.97. The number of anilines is 1. The average molecular weight is 358 g/mol. The fourth-order valence-corrected chi connectivity index (χ4v) is 2.76. The summed E-state index contributed by atoms with van der Waals surface area (Å²) >= 11 is 0. The van der Waals surface area contributed by atoms with Gasteiger partial charge in [0.25, 0.3) is 0 Å². The Morgan fingerprint density at radius 2 is 1.96 bits per heavy atom. The molecule has 140 valence electrons. The number of nitrogens with one attached hydrogen (secondary N) is 1. The largest absolute Gasteiger partial charge is 0.353 e. The quantitative estimate of drug-likeness (QED) is 0.906. The van der Waals surface area contributed by atoms with Crippen LogP contribution >= 0.6 is 0 Å². The van der Waals surface area contributed by atoms with Crippen molar-refractivity contribution in [2.24, 2.45) is 0 Å². The van der Waals surface area contributed by atoms with Gasteiger partial charge in [0.15, 0.2) is 0 Å². The number of nitrogens with zero attached hydrogens (tertiary/aromatic N) is 5. The molecular formula is C18H26N6O2. The number of urea groups is 1. The normalized spacial score (nSPS) is 15.2. The second-order valence-corrected chi connectivity index (χ2v) is 7.42. The summed E-state index contributed by atoms with van der Waals surface area (Å²) in [5.74, 6) is 2.07. The first-order valence-corrected chi connectivity index (χ1v) is 8.97. The van der Waals surface area contributed by atoms with Gasteiger partial charge >= 0.3 is 6.03 Å². The fraction of sp³-hybridized carbons (Fsp3) is 0.556. The highest BCUT2D eigenvalue weighted by molar-refractivity contribution is 5.75. The molecule has 1 fully saturated rings. The lowest BCUT2D eigenvalue weighted by Crippen LogP contribution is -2.55. The second-order valence-electron chi connectivity index (χ2n) is 7.42. The summed E-state index contributed by atoms with van der Waals surface area (Å²) in [4.78, 5) is 25.1. The van der Waals surface area contributed by atoms with Crippen LogP contribution in [0.3, 0.4) is 0 Å². The van der Waals surface area contributed by atoms with Gasteiger partial charge in [0.2, 0.25) is 11.7 Å². The molecule has 0 aromatic carbocycles. The van der Waals surface area contributed by atoms with Gasteiger partial charge in [-0.3, -0.25) is 0 Å². The van der Waals surface area contributed by atoms with Crippen LogP contribution in [0.5, 0.6) is 0 Å². The minimum Gasteiger partial charge on any atom is -0.353 e. The molecule has 3 rings (SSSR count). The number of rotatable bonds is 3. The van der Waals surface area contributed by atoms with Crippen molar-refractivity contribution in [3.8, 4) is 11.4 Å². The Hall–Kier alpha value is -2.64. The molecule has 0 saturated carbocycles. The smallest absolute Gasteiger partial charge is 0.317 e. The van der Waals surface area contributed by atoms with E-state index in [9.17, 15) is 4.79 Å². The zero-order valence-corrected chi connectivity index (χ0v) is 15.8. The van der Waals surface area contributed by atoms with Gasteiger partial charge in [-0.05, 0) is 32.9 Å². The molecule has 0 aliphatic carbocycles. The van der Waals surface area contributed by atoms with Crippen LogP contribution in [0.4, 0.5) is 10.6 Å². The van der Waals surface area contributed by atoms with Crippen molar-refractivity contribution in [2.45, 2.75) is 39.7 Å². The number of carbonyl (C=O) groups is 1. The van der Waals surface area contributed by atoms with E-state index in [1.807, 2.05) is 44.7 Å². The third kappa shape index (κ3) is 4.30. The Kier molecular flexibility index (Phi) is 5.11. The van der Waals surface area contributed by atoms with E-state index < -0.39 is 0 Å². The van der Waals surface area contributed by atoms with E-state index in [2.05, 4.69) is 25.3 Å². The van der Waals surface area contributed by atoms with Crippen LogP contribution in [0.1, 0.15) is 33.6 Å². The second kappa shape index (κ2) is 7.31. The number of hydrogen-bond acceptors (Lipinski definition) is 6. The molecule has 1 aliphatic heterocycles. The van der Waals surface area contributed by atoms with Gasteiger partial charge in [-0.1, -0.05) is 12.1 Å². The Labute approximate surface area is 153 Å². The lowest BCUT2D eigenvalue weighted by molar-refractivity contribution is 0.185. The van der Waals surface area contributed by atoms with Crippen molar-refractivity contribution in [1.29, 1.82) is 0 Å². The zero-order valence-electron chi connectivity index (χ0n) is 15.8. The summed E-state index contributed by atoms with van der Waals surface area (Å²) in [5, 5.41) is 6.97. The third-order valence-electron chi connectivity index (χ3n) is 4.15. The van der Waals surface area contributed by atoms with Gasteiger partial charge in [-0.2, -0.15) is 4.98 Å². The van der Waals surface area contributed by atoms with Crippen molar-refractivity contribution in [2.75, 3.05) is 31.1 Å². The number of piperazine rings is 1. The summed E-state index contributed by atoms with van der Waals surface area (Å²) in [7, 11) is 0. The molecule has 0 bridgehead atoms. The predicted octanol–water partition coefficient (Wildman–Crippen LogP) is 2.32. The molecule has 3 heterocycles. The number of aryl methyl sites for hydroxylation is 1. The van der Waals surface area contributed by atoms with E-state index in [1.54, 1.807) is 6.20 Å². The Bertz CT molecular complexity index is 742. The highest BCUT2D eigenvalue weighted by Gasteiger charge is 2.24. The monoisotopic (exact) mass is 358 g/mol. The van der Waals surface area contributed by atoms with Gasteiger partial charge in [0, 0.05) is 49.9 Å². The first kappa shape index (κ1) is 18.2. The molecule has 8 nitrogen and oxygen atoms in total. The van der Waals surface area contributed by atoms with E-state index >= 15 is 0 Å². The van der Waals surface area contributed by atoms with E-state index in [0.29, 0.717) is 31.2 Å². The summed E-state index contributed by atoms with van der Waals surface area (Å²) in [5.41, 5.74) is 0.610. The van der Waals surface area contributed by atoms with Gasteiger partial charge in [-0.25, -0.2) is 9.78 Å². The maximum Gasteiger partial charge on any atom is 0.317 e. The van der Waals surface area contributed by atoms with E-state index in [-0.39, 0.29) is 11.6 Å². The van der Waals surface area contributed by atoms with Gasteiger partial charge in [0.05, 0.1) is 0 Å². The molecule has 1 aliphatic rings. The Morgan fingerprint density at radius 1 is 1.23 bits per heavy atom. The molecule has 0 atom stereocenters. The van der Waals surface area contributed by atoms with Crippen LogP contribution in [0.2, 0.25) is 0 Å². The van der Waals surface area contributed by atoms with E-state index in [0.717, 1.165) is 24.5 Å². The number of carbonyl (C=O) groups excluding carboxylic acids is 1. The standard InChI is InChI=1S/C18H26N6O2/c1-5-15-20-16(22-26-15)13-6-7-14(19-12-13)23-8-10-24(11-9-23)17(25)21-18(2,3)4/h6-7,12H,5,8-11H2,1-4H3,(H,21,25). The molecule has 1 saturated heterocycles. The first-order chi connectivity index (χ1) is 12.4. The molecule has 0 spiro atoms. The average Bonchev–Trinajstić information content (AvgIpc) is 3.10. The molecular weight excluding hydrogens is 332 g/mol. The SMILES string of the molecule is CCc1nc(-c2ccc(N3CCN(C(=O)NC(C)(C)C)CC3)nc2)no1.